The Labute approximate surface area is 128 Å². The van der Waals surface area contributed by atoms with Crippen LogP contribution >= 0.6 is 0 Å². The number of benzene rings is 1. The summed E-state index contributed by atoms with van der Waals surface area (Å²) in [5, 5.41) is 2.02. The first-order valence-corrected chi connectivity index (χ1v) is 6.23. The van der Waals surface area contributed by atoms with Crippen molar-refractivity contribution in [2.75, 3.05) is 12.4 Å². The average Bonchev–Trinajstić information content (AvgIpc) is 2.54. The first-order valence-electron chi connectivity index (χ1n) is 6.23. The highest BCUT2D eigenvalue weighted by Crippen LogP contribution is 2.23. The van der Waals surface area contributed by atoms with Crippen molar-refractivity contribution in [2.24, 2.45) is 0 Å². The molecule has 2 rings (SSSR count). The number of nitrogens with zero attached hydrogens (tertiary/aromatic N) is 2. The van der Waals surface area contributed by atoms with Crippen molar-refractivity contribution in [1.82, 2.24) is 9.97 Å². The van der Waals surface area contributed by atoms with Gasteiger partial charge in [-0.05, 0) is 12.1 Å². The summed E-state index contributed by atoms with van der Waals surface area (Å²) in [6, 6.07) is 2.09. The minimum Gasteiger partial charge on any atom is -0.464 e. The van der Waals surface area contributed by atoms with Crippen LogP contribution in [0.2, 0.25) is 0 Å². The largest absolute Gasteiger partial charge is 0.464 e. The van der Waals surface area contributed by atoms with Crippen LogP contribution in [0.15, 0.2) is 30.6 Å². The predicted molar refractivity (Wildman–Crippen MR) is 72.2 cm³/mol. The lowest BCUT2D eigenvalue weighted by molar-refractivity contribution is -0.121. The highest BCUT2D eigenvalue weighted by Gasteiger charge is 2.26. The Morgan fingerprint density at radius 2 is 1.91 bits per heavy atom. The number of carbonyl (C=O) groups is 2. The fraction of sp³-hybridized carbons (Fsp3) is 0.143. The van der Waals surface area contributed by atoms with Crippen molar-refractivity contribution < 1.29 is 27.5 Å². The normalized spacial score (nSPS) is 11.7. The summed E-state index contributed by atoms with van der Waals surface area (Å²) in [6.07, 6.45) is -0.0921. The van der Waals surface area contributed by atoms with Crippen molar-refractivity contribution in [3.63, 3.8) is 0 Å². The zero-order valence-corrected chi connectivity index (χ0v) is 11.7. The summed E-state index contributed by atoms with van der Waals surface area (Å²) < 4.78 is 44.8. The second-order valence-corrected chi connectivity index (χ2v) is 4.26. The molecule has 1 aromatic carbocycles. The van der Waals surface area contributed by atoms with E-state index < -0.39 is 35.2 Å². The van der Waals surface area contributed by atoms with Gasteiger partial charge in [0.2, 0.25) is 6.17 Å². The van der Waals surface area contributed by atoms with Gasteiger partial charge < -0.3 is 10.1 Å². The van der Waals surface area contributed by atoms with Gasteiger partial charge in [0.1, 0.15) is 11.6 Å². The maximum Gasteiger partial charge on any atom is 0.360 e. The number of halogens is 3. The van der Waals surface area contributed by atoms with Gasteiger partial charge in [-0.2, -0.15) is 0 Å². The molecule has 9 heteroatoms. The van der Waals surface area contributed by atoms with Crippen molar-refractivity contribution >= 4 is 17.7 Å². The van der Waals surface area contributed by atoms with Crippen molar-refractivity contribution in [3.8, 4) is 0 Å². The summed E-state index contributed by atoms with van der Waals surface area (Å²) in [6.45, 7) is 0. The second kappa shape index (κ2) is 6.86. The molecule has 1 amide bonds. The van der Waals surface area contributed by atoms with Crippen molar-refractivity contribution in [2.45, 2.75) is 6.17 Å². The number of alkyl halides is 1. The predicted octanol–water partition coefficient (Wildman–Crippen LogP) is 2.19. The van der Waals surface area contributed by atoms with E-state index in [9.17, 15) is 22.8 Å². The van der Waals surface area contributed by atoms with Gasteiger partial charge in [-0.3, -0.25) is 4.79 Å². The van der Waals surface area contributed by atoms with E-state index in [-0.39, 0.29) is 11.5 Å². The molecule has 6 nitrogen and oxygen atoms in total. The van der Waals surface area contributed by atoms with Crippen molar-refractivity contribution in [1.29, 1.82) is 0 Å². The first-order chi connectivity index (χ1) is 10.9. The van der Waals surface area contributed by atoms with E-state index in [1.54, 1.807) is 0 Å². The average molecular weight is 325 g/mol. The molecular weight excluding hydrogens is 315 g/mol. The number of amides is 1. The molecule has 0 saturated heterocycles. The number of hydrogen-bond donors (Lipinski definition) is 1. The van der Waals surface area contributed by atoms with Crippen LogP contribution in [-0.4, -0.2) is 29.0 Å². The van der Waals surface area contributed by atoms with Gasteiger partial charge in [-0.25, -0.2) is 27.9 Å². The number of carbonyl (C=O) groups excluding carboxylic acids is 2. The molecule has 0 aliphatic heterocycles. The van der Waals surface area contributed by atoms with E-state index in [0.717, 1.165) is 25.4 Å². The Morgan fingerprint density at radius 1 is 1.22 bits per heavy atom. The van der Waals surface area contributed by atoms with Gasteiger partial charge in [-0.15, -0.1) is 0 Å². The molecule has 120 valence electrons. The van der Waals surface area contributed by atoms with E-state index in [1.807, 2.05) is 5.32 Å². The molecule has 1 unspecified atom stereocenters. The van der Waals surface area contributed by atoms with Crippen molar-refractivity contribution in [3.05, 3.63) is 53.5 Å². The minimum absolute atomic E-state index is 0.338. The van der Waals surface area contributed by atoms with Gasteiger partial charge in [0, 0.05) is 24.0 Å². The van der Waals surface area contributed by atoms with Crippen LogP contribution in [0.5, 0.6) is 0 Å². The maximum absolute atomic E-state index is 14.1. The second-order valence-electron chi connectivity index (χ2n) is 4.26. The highest BCUT2D eigenvalue weighted by molar-refractivity contribution is 6.00. The third-order valence-electron chi connectivity index (χ3n) is 2.78. The number of anilines is 1. The molecule has 0 spiro atoms. The highest BCUT2D eigenvalue weighted by atomic mass is 19.1. The zero-order valence-electron chi connectivity index (χ0n) is 11.7. The summed E-state index contributed by atoms with van der Waals surface area (Å²) in [5.41, 5.74) is -0.984. The van der Waals surface area contributed by atoms with E-state index >= 15 is 0 Å². The Balaban J connectivity index is 2.24. The van der Waals surface area contributed by atoms with Crippen LogP contribution in [0.4, 0.5) is 19.0 Å². The molecule has 2 aromatic rings. The number of methoxy groups -OCH3 is 1. The van der Waals surface area contributed by atoms with E-state index in [1.165, 1.54) is 6.20 Å². The Hall–Kier alpha value is -2.97. The van der Waals surface area contributed by atoms with Crippen LogP contribution in [-0.2, 0) is 9.53 Å². The number of esters is 1. The molecular formula is C14H10F3N3O3. The van der Waals surface area contributed by atoms with Gasteiger partial charge in [0.05, 0.1) is 7.11 Å². The van der Waals surface area contributed by atoms with Crippen LogP contribution in [0.3, 0.4) is 0 Å². The maximum atomic E-state index is 14.1. The number of ether oxygens (including phenoxy) is 1. The summed E-state index contributed by atoms with van der Waals surface area (Å²) in [4.78, 5) is 30.7. The Morgan fingerprint density at radius 3 is 2.57 bits per heavy atom. The van der Waals surface area contributed by atoms with Crippen LogP contribution in [0, 0.1) is 11.6 Å². The van der Waals surface area contributed by atoms with Gasteiger partial charge in [0.25, 0.3) is 5.91 Å². The standard InChI is InChI=1S/C14H10F3N3O3/c1-23-14(22)11-12(19-5-4-18-11)20-13(21)10(17)8-3-2-7(15)6-9(8)16/h2-6,10H,1H3,(H,19,20,21). The zero-order chi connectivity index (χ0) is 17.0. The molecule has 0 radical (unpaired) electrons. The lowest BCUT2D eigenvalue weighted by Gasteiger charge is -2.11. The van der Waals surface area contributed by atoms with Crippen LogP contribution in [0.25, 0.3) is 0 Å². The molecule has 1 atom stereocenters. The molecule has 0 aliphatic carbocycles. The smallest absolute Gasteiger partial charge is 0.360 e. The molecule has 1 aromatic heterocycles. The van der Waals surface area contributed by atoms with Crippen LogP contribution < -0.4 is 5.32 Å². The summed E-state index contributed by atoms with van der Waals surface area (Å²) >= 11 is 0. The van der Waals surface area contributed by atoms with Gasteiger partial charge in [-0.1, -0.05) is 0 Å². The molecule has 1 heterocycles. The van der Waals surface area contributed by atoms with E-state index in [0.29, 0.717) is 6.07 Å². The molecule has 0 saturated carbocycles. The number of rotatable bonds is 4. The molecule has 0 fully saturated rings. The number of hydrogen-bond acceptors (Lipinski definition) is 5. The molecule has 23 heavy (non-hydrogen) atoms. The van der Waals surface area contributed by atoms with Crippen LogP contribution in [0.1, 0.15) is 22.2 Å². The summed E-state index contributed by atoms with van der Waals surface area (Å²) in [7, 11) is 1.09. The molecule has 1 N–H and O–H groups in total. The Kier molecular flexibility index (Phi) is 4.89. The summed E-state index contributed by atoms with van der Waals surface area (Å²) in [5.74, 6) is -4.63. The third-order valence-corrected chi connectivity index (χ3v) is 2.78. The molecule has 0 bridgehead atoms. The lowest BCUT2D eigenvalue weighted by Crippen LogP contribution is -2.22. The van der Waals surface area contributed by atoms with E-state index in [2.05, 4.69) is 14.7 Å². The first kappa shape index (κ1) is 16.4. The fourth-order valence-corrected chi connectivity index (χ4v) is 1.70. The number of aromatic nitrogens is 2. The van der Waals surface area contributed by atoms with Gasteiger partial charge >= 0.3 is 5.97 Å². The molecule has 0 aliphatic rings. The van der Waals surface area contributed by atoms with Gasteiger partial charge in [0.15, 0.2) is 11.5 Å². The topological polar surface area (TPSA) is 81.2 Å². The lowest BCUT2D eigenvalue weighted by atomic mass is 10.1. The number of nitrogens with one attached hydrogen (secondary N) is 1. The quantitative estimate of drug-likeness (QED) is 0.872. The fourth-order valence-electron chi connectivity index (χ4n) is 1.70. The monoisotopic (exact) mass is 325 g/mol. The van der Waals surface area contributed by atoms with E-state index in [4.69, 9.17) is 0 Å². The Bertz CT molecular complexity index is 755. The SMILES string of the molecule is COC(=O)c1nccnc1NC(=O)C(F)c1ccc(F)cc1F. The third kappa shape index (κ3) is 3.62. The minimum atomic E-state index is -2.43.